The van der Waals surface area contributed by atoms with E-state index < -0.39 is 50.9 Å². The number of hydrogen-bond donors (Lipinski definition) is 5. The number of hydrogen-bond acceptors (Lipinski definition) is 13. The molecule has 40 heavy (non-hydrogen) atoms. The molecule has 0 amide bonds. The first-order valence-electron chi connectivity index (χ1n) is 10.9. The highest BCUT2D eigenvalue weighted by Crippen LogP contribution is 2.27. The van der Waals surface area contributed by atoms with Crippen molar-refractivity contribution in [2.75, 3.05) is 20.0 Å². The zero-order valence-electron chi connectivity index (χ0n) is 20.7. The van der Waals surface area contributed by atoms with Crippen molar-refractivity contribution in [2.45, 2.75) is 0 Å². The van der Waals surface area contributed by atoms with Gasteiger partial charge in [-0.1, -0.05) is 24.3 Å². The minimum absolute atomic E-state index is 0.00440. The minimum Gasteiger partial charge on any atom is -0.501 e. The average molecular weight is 552 g/mol. The molecule has 0 bridgehead atoms. The molecule has 4 rings (SSSR count). The Morgan fingerprint density at radius 2 is 1.25 bits per heavy atom. The lowest BCUT2D eigenvalue weighted by Crippen LogP contribution is -2.16. The molecule has 16 nitrogen and oxygen atoms in total. The number of ether oxygens (including phenoxy) is 2. The number of nitro benzene ring substituents is 1. The number of H-pyrrole nitrogens is 2. The second kappa shape index (κ2) is 12.0. The molecule has 2 aromatic heterocycles. The summed E-state index contributed by atoms with van der Waals surface area (Å²) in [6.07, 6.45) is 0. The molecule has 2 aromatic carbocycles. The maximum Gasteiger partial charge on any atom is 0.360 e. The van der Waals surface area contributed by atoms with E-state index in [0.29, 0.717) is 11.3 Å². The number of carbonyl (C=O) groups excluding carboxylic acids is 2. The van der Waals surface area contributed by atoms with E-state index in [-0.39, 0.29) is 22.9 Å². The van der Waals surface area contributed by atoms with Crippen molar-refractivity contribution >= 4 is 23.3 Å². The van der Waals surface area contributed by atoms with Gasteiger partial charge in [-0.15, -0.1) is 0 Å². The Hall–Kier alpha value is -6.06. The zero-order chi connectivity index (χ0) is 29.6. The number of nitrogens with one attached hydrogen (secondary N) is 2. The van der Waals surface area contributed by atoms with Crippen LogP contribution in [0, 0.1) is 10.1 Å². The summed E-state index contributed by atoms with van der Waals surface area (Å²) in [7, 11) is 2.18. The predicted octanol–water partition coefficient (Wildman–Crippen LogP) is 1.35. The van der Waals surface area contributed by atoms with E-state index in [1.54, 1.807) is 24.3 Å². The highest BCUT2D eigenvalue weighted by molar-refractivity contribution is 5.91. The summed E-state index contributed by atoms with van der Waals surface area (Å²) in [5.41, 5.74) is 3.38. The van der Waals surface area contributed by atoms with Crippen molar-refractivity contribution in [1.29, 1.82) is 0 Å². The normalized spacial score (nSPS) is 10.2. The van der Waals surface area contributed by atoms with Crippen LogP contribution in [-0.2, 0) is 9.47 Å². The van der Waals surface area contributed by atoms with Gasteiger partial charge in [-0.25, -0.2) is 19.6 Å². The van der Waals surface area contributed by atoms with Crippen LogP contribution in [0.4, 0.5) is 11.4 Å². The number of para-hydroxylation sites is 2. The molecule has 0 atom stereocenters. The van der Waals surface area contributed by atoms with Crippen LogP contribution in [0.1, 0.15) is 21.0 Å². The number of benzene rings is 2. The summed E-state index contributed by atoms with van der Waals surface area (Å²) in [5, 5.41) is 30.0. The topological polar surface area (TPSA) is 254 Å². The molecule has 0 aliphatic carbocycles. The van der Waals surface area contributed by atoms with E-state index in [4.69, 9.17) is 5.73 Å². The molecule has 0 spiro atoms. The Bertz CT molecular complexity index is 1730. The largest absolute Gasteiger partial charge is 0.501 e. The average Bonchev–Trinajstić information content (AvgIpc) is 2.95. The van der Waals surface area contributed by atoms with Crippen molar-refractivity contribution < 1.29 is 34.2 Å². The van der Waals surface area contributed by atoms with Crippen molar-refractivity contribution in [2.24, 2.45) is 0 Å². The first-order valence-corrected chi connectivity index (χ1v) is 10.9. The number of nitrogens with zero attached hydrogens (tertiary/aromatic N) is 3. The number of nitrogens with two attached hydrogens (primary N) is 1. The number of esters is 2. The first-order chi connectivity index (χ1) is 19.0. The number of nitrogen functional groups attached to an aromatic ring is 1. The Kier molecular flexibility index (Phi) is 8.55. The fourth-order valence-corrected chi connectivity index (χ4v) is 3.21. The van der Waals surface area contributed by atoms with E-state index >= 15 is 0 Å². The lowest BCUT2D eigenvalue weighted by atomic mass is 10.1. The molecule has 206 valence electrons. The molecule has 4 aromatic rings. The van der Waals surface area contributed by atoms with E-state index in [2.05, 4.69) is 29.4 Å². The summed E-state index contributed by atoms with van der Waals surface area (Å²) in [6, 6.07) is 12.2. The molecule has 0 unspecified atom stereocenters. The van der Waals surface area contributed by atoms with Crippen LogP contribution in [-0.4, -0.2) is 61.2 Å². The molecule has 0 radical (unpaired) electrons. The van der Waals surface area contributed by atoms with Crippen molar-refractivity contribution in [3.05, 3.63) is 90.7 Å². The van der Waals surface area contributed by atoms with Crippen LogP contribution in [0.5, 0.6) is 11.5 Å². The second-order valence-corrected chi connectivity index (χ2v) is 7.57. The highest BCUT2D eigenvalue weighted by Gasteiger charge is 2.23. The minimum atomic E-state index is -1.03. The number of nitro groups is 1. The third-order valence-corrected chi connectivity index (χ3v) is 5.12. The quantitative estimate of drug-likeness (QED) is 0.101. The molecule has 0 saturated heterocycles. The van der Waals surface area contributed by atoms with E-state index in [0.717, 1.165) is 14.2 Å². The van der Waals surface area contributed by atoms with Gasteiger partial charge in [0, 0.05) is 17.3 Å². The molecule has 6 N–H and O–H groups in total. The summed E-state index contributed by atoms with van der Waals surface area (Å²) >= 11 is 0. The van der Waals surface area contributed by atoms with Crippen LogP contribution in [0.3, 0.4) is 0 Å². The number of aromatic nitrogens is 4. The summed E-state index contributed by atoms with van der Waals surface area (Å²) in [6.45, 7) is 0. The standard InChI is InChI=1S/C12H9N3O6.C12H11N3O4/c1-21-12(18)8-9(16)11(17)14-10(13-8)6-4-2-3-5-7(6)15(19)20;1-19-12(18)8-9(16)11(17)15-10(14-8)6-4-2-3-5-7(6)13/h2-5,16H,1H3,(H,13,14,17);2-5,16H,13H2,1H3,(H,14,15,17). The van der Waals surface area contributed by atoms with E-state index in [1.165, 1.54) is 24.3 Å². The van der Waals surface area contributed by atoms with Crippen LogP contribution >= 0.6 is 0 Å². The molecule has 16 heteroatoms. The number of aromatic amines is 2. The Balaban J connectivity index is 0.000000222. The Morgan fingerprint density at radius 1 is 0.825 bits per heavy atom. The van der Waals surface area contributed by atoms with Crippen molar-refractivity contribution in [1.82, 2.24) is 19.9 Å². The summed E-state index contributed by atoms with van der Waals surface area (Å²) in [5.74, 6) is -3.76. The molecular formula is C24H20N6O10. The molecule has 0 aliphatic heterocycles. The first kappa shape index (κ1) is 28.5. The van der Waals surface area contributed by atoms with Crippen LogP contribution in [0.2, 0.25) is 0 Å². The second-order valence-electron chi connectivity index (χ2n) is 7.57. The Labute approximate surface area is 222 Å². The van der Waals surface area contributed by atoms with Crippen molar-refractivity contribution in [3.63, 3.8) is 0 Å². The van der Waals surface area contributed by atoms with Gasteiger partial charge in [0.05, 0.1) is 24.7 Å². The van der Waals surface area contributed by atoms with E-state index in [1.807, 2.05) is 0 Å². The van der Waals surface area contributed by atoms with Crippen LogP contribution < -0.4 is 16.9 Å². The van der Waals surface area contributed by atoms with Gasteiger partial charge in [-0.05, 0) is 18.2 Å². The van der Waals surface area contributed by atoms with Crippen LogP contribution in [0.15, 0.2) is 58.1 Å². The molecule has 0 saturated carbocycles. The van der Waals surface area contributed by atoms with E-state index in [9.17, 15) is 39.5 Å². The third kappa shape index (κ3) is 5.91. The number of rotatable bonds is 5. The van der Waals surface area contributed by atoms with Gasteiger partial charge < -0.3 is 35.4 Å². The maximum atomic E-state index is 11.6. The molecule has 0 aliphatic rings. The van der Waals surface area contributed by atoms with Gasteiger partial charge in [-0.3, -0.25) is 19.7 Å². The number of methoxy groups -OCH3 is 2. The molecule has 2 heterocycles. The smallest absolute Gasteiger partial charge is 0.360 e. The van der Waals surface area contributed by atoms with Gasteiger partial charge in [0.1, 0.15) is 11.6 Å². The van der Waals surface area contributed by atoms with Gasteiger partial charge in [0.25, 0.3) is 16.8 Å². The monoisotopic (exact) mass is 552 g/mol. The lowest BCUT2D eigenvalue weighted by Gasteiger charge is -2.07. The number of carbonyl (C=O) groups is 2. The van der Waals surface area contributed by atoms with Crippen molar-refractivity contribution in [3.8, 4) is 34.3 Å². The maximum absolute atomic E-state index is 11.6. The number of anilines is 1. The number of aromatic hydroxyl groups is 2. The summed E-state index contributed by atoms with van der Waals surface area (Å²) in [4.78, 5) is 68.5. The zero-order valence-corrected chi connectivity index (χ0v) is 20.7. The van der Waals surface area contributed by atoms with Crippen LogP contribution in [0.25, 0.3) is 22.8 Å². The van der Waals surface area contributed by atoms with Gasteiger partial charge in [0.15, 0.2) is 11.4 Å². The van der Waals surface area contributed by atoms with Gasteiger partial charge >= 0.3 is 11.9 Å². The fourth-order valence-electron chi connectivity index (χ4n) is 3.21. The van der Waals surface area contributed by atoms with Gasteiger partial charge in [0.2, 0.25) is 11.5 Å². The molecule has 0 fully saturated rings. The lowest BCUT2D eigenvalue weighted by molar-refractivity contribution is -0.384. The molecular weight excluding hydrogens is 532 g/mol. The summed E-state index contributed by atoms with van der Waals surface area (Å²) < 4.78 is 8.84. The highest BCUT2D eigenvalue weighted by atomic mass is 16.6. The fraction of sp³-hybridized carbons (Fsp3) is 0.0833. The third-order valence-electron chi connectivity index (χ3n) is 5.12. The SMILES string of the molecule is COC(=O)c1nc(-c2ccccc2N)[nH]c(=O)c1O.COC(=O)c1nc(-c2ccccc2[N+](=O)[O-])[nH]c(=O)c1O. The Morgan fingerprint density at radius 3 is 1.70 bits per heavy atom. The van der Waals surface area contributed by atoms with Gasteiger partial charge in [-0.2, -0.15) is 0 Å². The predicted molar refractivity (Wildman–Crippen MR) is 138 cm³/mol.